The summed E-state index contributed by atoms with van der Waals surface area (Å²) in [5.74, 6) is -0.850. The van der Waals surface area contributed by atoms with E-state index in [2.05, 4.69) is 6.92 Å². The number of aryl methyl sites for hydroxylation is 1. The van der Waals surface area contributed by atoms with Crippen LogP contribution in [-0.4, -0.2) is 11.6 Å². The molecule has 0 saturated carbocycles. The molecule has 0 aromatic heterocycles. The zero-order valence-corrected chi connectivity index (χ0v) is 11.8. The first-order valence-corrected chi connectivity index (χ1v) is 6.93. The van der Waals surface area contributed by atoms with E-state index >= 15 is 0 Å². The Morgan fingerprint density at radius 2 is 1.50 bits per heavy atom. The number of carbonyl (C=O) groups excluding carboxylic acids is 2. The van der Waals surface area contributed by atoms with E-state index in [1.165, 1.54) is 0 Å². The maximum Gasteiger partial charge on any atom is 0.233 e. The Hall–Kier alpha value is -2.22. The Morgan fingerprint density at radius 3 is 2.10 bits per heavy atom. The van der Waals surface area contributed by atoms with Gasteiger partial charge < -0.3 is 0 Å². The highest BCUT2D eigenvalue weighted by molar-refractivity contribution is 6.49. The molecule has 0 radical (unpaired) electrons. The third-order valence-corrected chi connectivity index (χ3v) is 3.49. The average molecular weight is 266 g/mol. The fraction of sp³-hybridized carbons (Fsp3) is 0.222. The predicted octanol–water partition coefficient (Wildman–Crippen LogP) is 3.88. The summed E-state index contributed by atoms with van der Waals surface area (Å²) in [6.07, 6.45) is 1.62. The van der Waals surface area contributed by atoms with Crippen LogP contribution in [0.3, 0.4) is 0 Å². The normalized spacial score (nSPS) is 10.3. The molecule has 0 fully saturated rings. The van der Waals surface area contributed by atoms with Gasteiger partial charge in [0.2, 0.25) is 11.6 Å². The minimum atomic E-state index is -0.437. The minimum Gasteiger partial charge on any atom is -0.285 e. The van der Waals surface area contributed by atoms with Gasteiger partial charge in [-0.3, -0.25) is 9.59 Å². The van der Waals surface area contributed by atoms with Crippen molar-refractivity contribution in [3.05, 3.63) is 70.8 Å². The van der Waals surface area contributed by atoms with Crippen LogP contribution in [0.25, 0.3) is 0 Å². The molecule has 2 nitrogen and oxygen atoms in total. The Balaban J connectivity index is 2.42. The van der Waals surface area contributed by atoms with Crippen molar-refractivity contribution in [2.75, 3.05) is 0 Å². The topological polar surface area (TPSA) is 34.1 Å². The Labute approximate surface area is 119 Å². The number of benzene rings is 2. The van der Waals surface area contributed by atoms with Crippen LogP contribution < -0.4 is 0 Å². The monoisotopic (exact) mass is 266 g/mol. The molecule has 0 amide bonds. The van der Waals surface area contributed by atoms with Gasteiger partial charge in [0.15, 0.2) is 0 Å². The summed E-state index contributed by atoms with van der Waals surface area (Å²) in [6.45, 7) is 4.07. The number of Topliss-reactive ketones (excluding diaryl/α,β-unsaturated/α-hetero) is 2. The van der Waals surface area contributed by atoms with Gasteiger partial charge in [0.1, 0.15) is 0 Å². The van der Waals surface area contributed by atoms with Crippen LogP contribution in [0.4, 0.5) is 0 Å². The summed E-state index contributed by atoms with van der Waals surface area (Å²) in [6, 6.07) is 14.3. The molecule has 2 aromatic carbocycles. The van der Waals surface area contributed by atoms with E-state index in [0.29, 0.717) is 11.1 Å². The summed E-state index contributed by atoms with van der Waals surface area (Å²) < 4.78 is 0. The molecule has 0 spiro atoms. The third kappa shape index (κ3) is 2.69. The Bertz CT molecular complexity index is 627. The van der Waals surface area contributed by atoms with Crippen LogP contribution in [0.2, 0.25) is 0 Å². The molecule has 0 heterocycles. The van der Waals surface area contributed by atoms with Crippen LogP contribution in [0.1, 0.15) is 45.7 Å². The zero-order chi connectivity index (χ0) is 14.5. The van der Waals surface area contributed by atoms with Gasteiger partial charge in [0.05, 0.1) is 0 Å². The molecule has 2 heteroatoms. The second kappa shape index (κ2) is 6.29. The summed E-state index contributed by atoms with van der Waals surface area (Å²) in [7, 11) is 0. The molecule has 0 N–H and O–H groups in total. The maximum absolute atomic E-state index is 12.4. The van der Waals surface area contributed by atoms with Crippen LogP contribution in [0.5, 0.6) is 0 Å². The van der Waals surface area contributed by atoms with Crippen molar-refractivity contribution in [3.8, 4) is 0 Å². The molecule has 102 valence electrons. The van der Waals surface area contributed by atoms with Crippen molar-refractivity contribution in [1.82, 2.24) is 0 Å². The average Bonchev–Trinajstić information content (AvgIpc) is 2.53. The fourth-order valence-electron chi connectivity index (χ4n) is 2.44. The lowest BCUT2D eigenvalue weighted by molar-refractivity contribution is 0.0816. The van der Waals surface area contributed by atoms with Crippen LogP contribution in [-0.2, 0) is 12.8 Å². The first kappa shape index (κ1) is 14.2. The van der Waals surface area contributed by atoms with E-state index in [9.17, 15) is 9.59 Å². The maximum atomic E-state index is 12.4. The highest BCUT2D eigenvalue weighted by Gasteiger charge is 2.21. The smallest absolute Gasteiger partial charge is 0.233 e. The Morgan fingerprint density at radius 1 is 0.800 bits per heavy atom. The van der Waals surface area contributed by atoms with Crippen LogP contribution in [0, 0.1) is 0 Å². The highest BCUT2D eigenvalue weighted by Crippen LogP contribution is 2.18. The third-order valence-electron chi connectivity index (χ3n) is 3.49. The molecule has 0 unspecified atom stereocenters. The number of hydrogen-bond acceptors (Lipinski definition) is 2. The van der Waals surface area contributed by atoms with E-state index in [-0.39, 0.29) is 0 Å². The van der Waals surface area contributed by atoms with E-state index in [1.807, 2.05) is 25.1 Å². The van der Waals surface area contributed by atoms with Gasteiger partial charge >= 0.3 is 0 Å². The number of ketones is 2. The first-order valence-electron chi connectivity index (χ1n) is 6.93. The summed E-state index contributed by atoms with van der Waals surface area (Å²) in [5, 5.41) is 0. The molecule has 2 rings (SSSR count). The summed E-state index contributed by atoms with van der Waals surface area (Å²) in [5.41, 5.74) is 3.12. The van der Waals surface area contributed by atoms with Crippen molar-refractivity contribution in [2.24, 2.45) is 0 Å². The van der Waals surface area contributed by atoms with Gasteiger partial charge in [-0.05, 0) is 24.0 Å². The minimum absolute atomic E-state index is 0.414. The molecule has 0 bridgehead atoms. The second-order valence-corrected chi connectivity index (χ2v) is 4.67. The van der Waals surface area contributed by atoms with E-state index in [1.54, 1.807) is 30.3 Å². The number of rotatable bonds is 5. The number of carbonyl (C=O) groups is 2. The largest absolute Gasteiger partial charge is 0.285 e. The van der Waals surface area contributed by atoms with Crippen molar-refractivity contribution < 1.29 is 9.59 Å². The van der Waals surface area contributed by atoms with Crippen molar-refractivity contribution in [1.29, 1.82) is 0 Å². The van der Waals surface area contributed by atoms with E-state index < -0.39 is 11.6 Å². The summed E-state index contributed by atoms with van der Waals surface area (Å²) in [4.78, 5) is 24.7. The fourth-order valence-corrected chi connectivity index (χ4v) is 2.44. The van der Waals surface area contributed by atoms with Gasteiger partial charge in [0, 0.05) is 11.1 Å². The molecule has 0 atom stereocenters. The molecule has 0 aliphatic heterocycles. The molecular weight excluding hydrogens is 248 g/mol. The van der Waals surface area contributed by atoms with Gasteiger partial charge in [-0.15, -0.1) is 0 Å². The summed E-state index contributed by atoms with van der Waals surface area (Å²) >= 11 is 0. The second-order valence-electron chi connectivity index (χ2n) is 4.67. The van der Waals surface area contributed by atoms with Crippen LogP contribution >= 0.6 is 0 Å². The molecule has 0 aliphatic rings. The molecule has 2 aromatic rings. The lowest BCUT2D eigenvalue weighted by atomic mass is 9.92. The van der Waals surface area contributed by atoms with Gasteiger partial charge in [0.25, 0.3) is 0 Å². The predicted molar refractivity (Wildman–Crippen MR) is 80.3 cm³/mol. The standard InChI is InChI=1S/C18H18O2/c1-3-13-11-8-12-16(15(13)4-2)18(20)17(19)14-9-6-5-7-10-14/h5-12H,3-4H2,1-2H3. The molecular formula is C18H18O2. The first-order chi connectivity index (χ1) is 9.69. The van der Waals surface area contributed by atoms with Gasteiger partial charge in [-0.2, -0.15) is 0 Å². The van der Waals surface area contributed by atoms with Crippen molar-refractivity contribution in [2.45, 2.75) is 26.7 Å². The molecule has 0 saturated heterocycles. The number of hydrogen-bond donors (Lipinski definition) is 0. The SMILES string of the molecule is CCc1cccc(C(=O)C(=O)c2ccccc2)c1CC. The lowest BCUT2D eigenvalue weighted by Crippen LogP contribution is -2.17. The van der Waals surface area contributed by atoms with Gasteiger partial charge in [-0.25, -0.2) is 0 Å². The van der Waals surface area contributed by atoms with Crippen molar-refractivity contribution in [3.63, 3.8) is 0 Å². The Kier molecular flexibility index (Phi) is 4.46. The lowest BCUT2D eigenvalue weighted by Gasteiger charge is -2.11. The van der Waals surface area contributed by atoms with Gasteiger partial charge in [-0.1, -0.05) is 62.4 Å². The quantitative estimate of drug-likeness (QED) is 0.608. The molecule has 20 heavy (non-hydrogen) atoms. The van der Waals surface area contributed by atoms with Crippen molar-refractivity contribution >= 4 is 11.6 Å². The zero-order valence-electron chi connectivity index (χ0n) is 11.8. The molecule has 0 aliphatic carbocycles. The van der Waals surface area contributed by atoms with E-state index in [4.69, 9.17) is 0 Å². The van der Waals surface area contributed by atoms with Crippen LogP contribution in [0.15, 0.2) is 48.5 Å². The highest BCUT2D eigenvalue weighted by atomic mass is 16.2. The van der Waals surface area contributed by atoms with E-state index in [0.717, 1.165) is 24.0 Å².